The summed E-state index contributed by atoms with van der Waals surface area (Å²) in [6.07, 6.45) is -0.474. The number of hydrogen-bond donors (Lipinski definition) is 3. The molecule has 1 aromatic rings. The van der Waals surface area contributed by atoms with Crippen LogP contribution in [0.3, 0.4) is 0 Å². The summed E-state index contributed by atoms with van der Waals surface area (Å²) in [7, 11) is 0. The number of amides is 2. The zero-order chi connectivity index (χ0) is 12.1. The number of primary amides is 1. The van der Waals surface area contributed by atoms with Crippen molar-refractivity contribution in [1.82, 2.24) is 14.9 Å². The van der Waals surface area contributed by atoms with Crippen LogP contribution >= 0.6 is 11.5 Å². The van der Waals surface area contributed by atoms with Crippen molar-refractivity contribution in [2.24, 2.45) is 5.73 Å². The van der Waals surface area contributed by atoms with E-state index in [1.165, 1.54) is 5.38 Å². The molecule has 0 aliphatic rings. The molecule has 0 aliphatic carbocycles. The van der Waals surface area contributed by atoms with E-state index in [0.29, 0.717) is 0 Å². The van der Waals surface area contributed by atoms with Gasteiger partial charge in [-0.25, -0.2) is 4.79 Å². The Morgan fingerprint density at radius 3 is 2.69 bits per heavy atom. The molecule has 1 atom stereocenters. The van der Waals surface area contributed by atoms with Gasteiger partial charge in [0.2, 0.25) is 5.91 Å². The molecule has 1 aromatic heterocycles. The lowest BCUT2D eigenvalue weighted by atomic mass is 10.2. The van der Waals surface area contributed by atoms with Crippen molar-refractivity contribution in [3.05, 3.63) is 11.1 Å². The summed E-state index contributed by atoms with van der Waals surface area (Å²) >= 11 is 0.956. The van der Waals surface area contributed by atoms with Gasteiger partial charge in [0, 0.05) is 5.38 Å². The van der Waals surface area contributed by atoms with Gasteiger partial charge in [-0.1, -0.05) is 4.49 Å². The molecule has 0 unspecified atom stereocenters. The minimum Gasteiger partial charge on any atom is -0.480 e. The fourth-order valence-corrected chi connectivity index (χ4v) is 1.33. The highest BCUT2D eigenvalue weighted by molar-refractivity contribution is 7.03. The van der Waals surface area contributed by atoms with Gasteiger partial charge in [0.05, 0.1) is 6.42 Å². The fourth-order valence-electron chi connectivity index (χ4n) is 0.897. The van der Waals surface area contributed by atoms with Crippen molar-refractivity contribution in [2.45, 2.75) is 12.5 Å². The Bertz CT molecular complexity index is 405. The minimum atomic E-state index is -1.35. The van der Waals surface area contributed by atoms with E-state index in [1.807, 2.05) is 0 Å². The Labute approximate surface area is 93.6 Å². The number of carbonyl (C=O) groups is 3. The van der Waals surface area contributed by atoms with Crippen LogP contribution in [0.25, 0.3) is 0 Å². The monoisotopic (exact) mass is 244 g/mol. The third-order valence-corrected chi connectivity index (χ3v) is 2.11. The Morgan fingerprint density at radius 2 is 2.25 bits per heavy atom. The van der Waals surface area contributed by atoms with Crippen LogP contribution in [0.15, 0.2) is 5.38 Å². The van der Waals surface area contributed by atoms with E-state index in [4.69, 9.17) is 10.8 Å². The van der Waals surface area contributed by atoms with Gasteiger partial charge in [-0.05, 0) is 11.5 Å². The number of nitrogens with two attached hydrogens (primary N) is 1. The molecule has 0 saturated heterocycles. The second kappa shape index (κ2) is 5.16. The molecule has 0 bridgehead atoms. The largest absolute Gasteiger partial charge is 0.480 e. The fraction of sp³-hybridized carbons (Fsp3) is 0.286. The Hall–Kier alpha value is -2.03. The molecule has 8 nitrogen and oxygen atoms in total. The summed E-state index contributed by atoms with van der Waals surface area (Å²) in [6.45, 7) is 0. The summed E-state index contributed by atoms with van der Waals surface area (Å²) in [5.74, 6) is -2.86. The predicted molar refractivity (Wildman–Crippen MR) is 52.6 cm³/mol. The van der Waals surface area contributed by atoms with Crippen molar-refractivity contribution in [1.29, 1.82) is 0 Å². The van der Waals surface area contributed by atoms with Crippen LogP contribution in [-0.4, -0.2) is 38.5 Å². The van der Waals surface area contributed by atoms with Crippen LogP contribution in [0, 0.1) is 0 Å². The summed E-state index contributed by atoms with van der Waals surface area (Å²) in [5.41, 5.74) is 4.85. The van der Waals surface area contributed by atoms with Gasteiger partial charge in [-0.15, -0.1) is 5.10 Å². The molecule has 0 fully saturated rings. The molecule has 1 rings (SSSR count). The first-order chi connectivity index (χ1) is 7.50. The zero-order valence-electron chi connectivity index (χ0n) is 7.91. The standard InChI is InChI=1S/C7H8N4O4S/c8-5(12)1-3(7(14)15)9-6(13)4-2-16-11-10-4/h2-3H,1H2,(H2,8,12)(H,9,13)(H,14,15)/t3-/m1/s1. The van der Waals surface area contributed by atoms with Gasteiger partial charge in [-0.3, -0.25) is 9.59 Å². The van der Waals surface area contributed by atoms with Gasteiger partial charge in [0.25, 0.3) is 5.91 Å². The second-order valence-corrected chi connectivity index (χ2v) is 3.43. The number of nitrogens with one attached hydrogen (secondary N) is 1. The first-order valence-electron chi connectivity index (χ1n) is 4.09. The van der Waals surface area contributed by atoms with Crippen LogP contribution in [0.2, 0.25) is 0 Å². The molecule has 9 heteroatoms. The lowest BCUT2D eigenvalue weighted by molar-refractivity contribution is -0.140. The Balaban J connectivity index is 2.65. The van der Waals surface area contributed by atoms with E-state index in [0.717, 1.165) is 11.5 Å². The number of aromatic nitrogens is 2. The van der Waals surface area contributed by atoms with Crippen LogP contribution < -0.4 is 11.1 Å². The molecule has 1 heterocycles. The summed E-state index contributed by atoms with van der Waals surface area (Å²) < 4.78 is 3.45. The molecule has 0 aliphatic heterocycles. The second-order valence-electron chi connectivity index (χ2n) is 2.82. The van der Waals surface area contributed by atoms with E-state index in [-0.39, 0.29) is 5.69 Å². The Morgan fingerprint density at radius 1 is 1.56 bits per heavy atom. The van der Waals surface area contributed by atoms with E-state index < -0.39 is 30.2 Å². The molecule has 0 aromatic carbocycles. The minimum absolute atomic E-state index is 0.000667. The maximum Gasteiger partial charge on any atom is 0.326 e. The van der Waals surface area contributed by atoms with E-state index in [2.05, 4.69) is 14.9 Å². The quantitative estimate of drug-likeness (QED) is 0.582. The molecular formula is C7H8N4O4S. The number of carbonyl (C=O) groups excluding carboxylic acids is 2. The number of carboxylic acids is 1. The smallest absolute Gasteiger partial charge is 0.326 e. The molecule has 86 valence electrons. The lowest BCUT2D eigenvalue weighted by Crippen LogP contribution is -2.43. The average molecular weight is 244 g/mol. The van der Waals surface area contributed by atoms with Crippen molar-refractivity contribution >= 4 is 29.3 Å². The van der Waals surface area contributed by atoms with Crippen molar-refractivity contribution in [3.8, 4) is 0 Å². The van der Waals surface area contributed by atoms with Gasteiger partial charge in [0.1, 0.15) is 6.04 Å². The zero-order valence-corrected chi connectivity index (χ0v) is 8.73. The molecule has 0 spiro atoms. The SMILES string of the molecule is NC(=O)C[C@@H](NC(=O)c1csnn1)C(=O)O. The van der Waals surface area contributed by atoms with E-state index in [9.17, 15) is 14.4 Å². The first-order valence-corrected chi connectivity index (χ1v) is 4.93. The van der Waals surface area contributed by atoms with Gasteiger partial charge in [-0.2, -0.15) is 0 Å². The highest BCUT2D eigenvalue weighted by Gasteiger charge is 2.23. The van der Waals surface area contributed by atoms with Crippen LogP contribution in [0.4, 0.5) is 0 Å². The van der Waals surface area contributed by atoms with Gasteiger partial charge >= 0.3 is 5.97 Å². The van der Waals surface area contributed by atoms with Crippen molar-refractivity contribution < 1.29 is 19.5 Å². The number of aliphatic carboxylic acids is 1. The normalized spacial score (nSPS) is 11.8. The van der Waals surface area contributed by atoms with Gasteiger partial charge in [0.15, 0.2) is 5.69 Å². The third kappa shape index (κ3) is 3.28. The van der Waals surface area contributed by atoms with Crippen LogP contribution in [0.5, 0.6) is 0 Å². The van der Waals surface area contributed by atoms with Gasteiger partial charge < -0.3 is 16.2 Å². The molecule has 0 saturated carbocycles. The number of rotatable bonds is 5. The average Bonchev–Trinajstić information content (AvgIpc) is 2.68. The predicted octanol–water partition coefficient (Wildman–Crippen LogP) is -1.40. The maximum absolute atomic E-state index is 11.4. The summed E-state index contributed by atoms with van der Waals surface area (Å²) in [6, 6.07) is -1.35. The highest BCUT2D eigenvalue weighted by Crippen LogP contribution is 1.99. The number of nitrogens with zero attached hydrogens (tertiary/aromatic N) is 2. The van der Waals surface area contributed by atoms with E-state index in [1.54, 1.807) is 0 Å². The maximum atomic E-state index is 11.4. The van der Waals surface area contributed by atoms with Crippen molar-refractivity contribution in [3.63, 3.8) is 0 Å². The number of carboxylic acid groups (broad SMARTS) is 1. The highest BCUT2D eigenvalue weighted by atomic mass is 32.1. The third-order valence-electron chi connectivity index (χ3n) is 1.60. The molecule has 2 amide bonds. The molecule has 16 heavy (non-hydrogen) atoms. The topological polar surface area (TPSA) is 135 Å². The lowest BCUT2D eigenvalue weighted by Gasteiger charge is -2.10. The summed E-state index contributed by atoms with van der Waals surface area (Å²) in [4.78, 5) is 32.6. The molecular weight excluding hydrogens is 236 g/mol. The van der Waals surface area contributed by atoms with Crippen LogP contribution in [-0.2, 0) is 9.59 Å². The molecule has 4 N–H and O–H groups in total. The Kier molecular flexibility index (Phi) is 3.89. The van der Waals surface area contributed by atoms with E-state index >= 15 is 0 Å². The number of hydrogen-bond acceptors (Lipinski definition) is 6. The summed E-state index contributed by atoms with van der Waals surface area (Å²) in [5, 5.41) is 15.6. The van der Waals surface area contributed by atoms with Crippen molar-refractivity contribution in [2.75, 3.05) is 0 Å². The van der Waals surface area contributed by atoms with Crippen LogP contribution in [0.1, 0.15) is 16.9 Å². The molecule has 0 radical (unpaired) electrons. The first kappa shape index (κ1) is 12.0.